The molecule has 0 N–H and O–H groups in total. The second-order valence-electron chi connectivity index (χ2n) is 2.11. The van der Waals surface area contributed by atoms with Crippen LogP contribution >= 0.6 is 18.5 Å². The van der Waals surface area contributed by atoms with Gasteiger partial charge in [-0.05, 0) is 31.9 Å². The molecule has 0 bridgehead atoms. The molecule has 0 aromatic rings. The molecule has 1 fully saturated rings. The van der Waals surface area contributed by atoms with E-state index in [9.17, 15) is 0 Å². The number of halogens is 1. The lowest BCUT2D eigenvalue weighted by Gasteiger charge is -2.02. The molecule has 1 rings (SSSR count). The van der Waals surface area contributed by atoms with E-state index in [1.807, 2.05) is 0 Å². The molecule has 42 valence electrons. The third-order valence-electron chi connectivity index (χ3n) is 1.47. The summed E-state index contributed by atoms with van der Waals surface area (Å²) in [4.78, 5) is 0. The van der Waals surface area contributed by atoms with Gasteiger partial charge in [0, 0.05) is 0 Å². The molecule has 0 nitrogen and oxygen atoms in total. The molecule has 0 amide bonds. The zero-order chi connectivity index (χ0) is 5.28. The zero-order valence-corrected chi connectivity index (χ0v) is 6.17. The van der Waals surface area contributed by atoms with Gasteiger partial charge in [-0.1, -0.05) is 18.2 Å². The van der Waals surface area contributed by atoms with Gasteiger partial charge in [0.25, 0.3) is 0 Å². The molecule has 0 aromatic heterocycles. The van der Waals surface area contributed by atoms with Crippen molar-refractivity contribution in [2.75, 3.05) is 6.16 Å². The number of hydrogen-bond acceptors (Lipinski definition) is 0. The molecule has 1 heterocycles. The van der Waals surface area contributed by atoms with Crippen LogP contribution in [0.5, 0.6) is 0 Å². The van der Waals surface area contributed by atoms with Crippen molar-refractivity contribution in [3.8, 4) is 0 Å². The van der Waals surface area contributed by atoms with Gasteiger partial charge in [-0.15, -0.1) is 0 Å². The van der Waals surface area contributed by atoms with Gasteiger partial charge >= 0.3 is 0 Å². The van der Waals surface area contributed by atoms with Gasteiger partial charge in [0.2, 0.25) is 0 Å². The highest BCUT2D eigenvalue weighted by Gasteiger charge is 2.19. The molecule has 2 unspecified atom stereocenters. The maximum absolute atomic E-state index is 5.93. The van der Waals surface area contributed by atoms with Gasteiger partial charge in [0.15, 0.2) is 0 Å². The summed E-state index contributed by atoms with van der Waals surface area (Å²) >= 11 is 5.93. The normalized spacial score (nSPS) is 42.0. The Morgan fingerprint density at radius 3 is 2.57 bits per heavy atom. The first kappa shape index (κ1) is 5.85. The van der Waals surface area contributed by atoms with Crippen molar-refractivity contribution >= 4 is 18.5 Å². The molecule has 1 aliphatic rings. The fourth-order valence-corrected chi connectivity index (χ4v) is 2.94. The molecule has 2 heteroatoms. The van der Waals surface area contributed by atoms with E-state index in [2.05, 4.69) is 6.92 Å². The Balaban J connectivity index is 2.33. The molecule has 0 aromatic carbocycles. The average Bonchev–Trinajstić information content (AvgIpc) is 1.91. The van der Waals surface area contributed by atoms with Gasteiger partial charge in [-0.25, -0.2) is 0 Å². The Bertz CT molecular complexity index is 57.1. The van der Waals surface area contributed by atoms with Crippen LogP contribution in [0.1, 0.15) is 19.8 Å². The van der Waals surface area contributed by atoms with Crippen molar-refractivity contribution in [3.63, 3.8) is 0 Å². The monoisotopic (exact) mass is 136 g/mol. The van der Waals surface area contributed by atoms with Crippen molar-refractivity contribution < 1.29 is 0 Å². The maximum atomic E-state index is 5.93. The summed E-state index contributed by atoms with van der Waals surface area (Å²) < 4.78 is 0. The molecular weight excluding hydrogens is 126 g/mol. The molecule has 7 heavy (non-hydrogen) atoms. The smallest absolute Gasteiger partial charge is 0.00684 e. The van der Waals surface area contributed by atoms with Crippen LogP contribution in [0.3, 0.4) is 0 Å². The minimum atomic E-state index is -0.0540. The van der Waals surface area contributed by atoms with Crippen molar-refractivity contribution in [1.82, 2.24) is 0 Å². The highest BCUT2D eigenvalue weighted by Crippen LogP contribution is 2.53. The predicted octanol–water partition coefficient (Wildman–Crippen LogP) is 2.80. The molecular formula is C5H10ClP. The van der Waals surface area contributed by atoms with Crippen molar-refractivity contribution in [2.24, 2.45) is 0 Å². The third kappa shape index (κ3) is 1.30. The van der Waals surface area contributed by atoms with Crippen LogP contribution in [-0.4, -0.2) is 11.8 Å². The number of rotatable bonds is 0. The summed E-state index contributed by atoms with van der Waals surface area (Å²) in [5.41, 5.74) is 0.844. The molecule has 0 spiro atoms. The van der Waals surface area contributed by atoms with Gasteiger partial charge in [-0.3, -0.25) is 0 Å². The van der Waals surface area contributed by atoms with Crippen LogP contribution in [0.25, 0.3) is 0 Å². The Hall–Kier alpha value is 0.720. The fraction of sp³-hybridized carbons (Fsp3) is 1.00. The lowest BCUT2D eigenvalue weighted by atomic mass is 10.3. The SMILES string of the molecule is CC1CCCP1Cl. The minimum absolute atomic E-state index is 0.0540. The number of hydrogen-bond donors (Lipinski definition) is 0. The Kier molecular flexibility index (Phi) is 1.94. The van der Waals surface area contributed by atoms with E-state index < -0.39 is 0 Å². The predicted molar refractivity (Wildman–Crippen MR) is 36.3 cm³/mol. The second kappa shape index (κ2) is 2.33. The summed E-state index contributed by atoms with van der Waals surface area (Å²) in [6, 6.07) is 0. The van der Waals surface area contributed by atoms with Crippen molar-refractivity contribution in [1.29, 1.82) is 0 Å². The topological polar surface area (TPSA) is 0 Å². The van der Waals surface area contributed by atoms with E-state index in [0.29, 0.717) is 0 Å². The second-order valence-corrected chi connectivity index (χ2v) is 5.55. The lowest BCUT2D eigenvalue weighted by Crippen LogP contribution is -1.84. The Labute approximate surface area is 50.8 Å². The van der Waals surface area contributed by atoms with Gasteiger partial charge in [-0.2, -0.15) is 0 Å². The highest BCUT2D eigenvalue weighted by molar-refractivity contribution is 7.84. The van der Waals surface area contributed by atoms with Crippen LogP contribution in [0, 0.1) is 0 Å². The molecule has 1 saturated heterocycles. The van der Waals surface area contributed by atoms with Crippen LogP contribution in [-0.2, 0) is 0 Å². The van der Waals surface area contributed by atoms with E-state index in [1.54, 1.807) is 0 Å². The van der Waals surface area contributed by atoms with E-state index in [4.69, 9.17) is 11.2 Å². The summed E-state index contributed by atoms with van der Waals surface area (Å²) in [6.45, 7) is 2.26. The summed E-state index contributed by atoms with van der Waals surface area (Å²) in [5, 5.41) is 0. The Morgan fingerprint density at radius 2 is 2.43 bits per heavy atom. The van der Waals surface area contributed by atoms with Crippen LogP contribution in [0.4, 0.5) is 0 Å². The first-order valence-electron chi connectivity index (χ1n) is 2.73. The molecule has 2 atom stereocenters. The summed E-state index contributed by atoms with van der Waals surface area (Å²) in [6.07, 6.45) is 4.05. The highest BCUT2D eigenvalue weighted by atomic mass is 35.7. The Morgan fingerprint density at radius 1 is 1.71 bits per heavy atom. The van der Waals surface area contributed by atoms with Crippen LogP contribution < -0.4 is 0 Å². The zero-order valence-electron chi connectivity index (χ0n) is 4.52. The van der Waals surface area contributed by atoms with Gasteiger partial charge in [0.05, 0.1) is 0 Å². The third-order valence-corrected chi connectivity index (χ3v) is 4.94. The van der Waals surface area contributed by atoms with E-state index in [1.165, 1.54) is 19.0 Å². The first-order valence-corrected chi connectivity index (χ1v) is 5.23. The van der Waals surface area contributed by atoms with Crippen LogP contribution in [0.15, 0.2) is 0 Å². The molecule has 0 radical (unpaired) electrons. The van der Waals surface area contributed by atoms with E-state index in [-0.39, 0.29) is 7.27 Å². The summed E-state index contributed by atoms with van der Waals surface area (Å²) in [5.74, 6) is 0. The van der Waals surface area contributed by atoms with Crippen molar-refractivity contribution in [2.45, 2.75) is 25.4 Å². The molecule has 0 aliphatic carbocycles. The van der Waals surface area contributed by atoms with Gasteiger partial charge < -0.3 is 0 Å². The summed E-state index contributed by atoms with van der Waals surface area (Å²) in [7, 11) is -0.0540. The molecule has 1 aliphatic heterocycles. The fourth-order valence-electron chi connectivity index (χ4n) is 0.898. The van der Waals surface area contributed by atoms with E-state index >= 15 is 0 Å². The molecule has 0 saturated carbocycles. The quantitative estimate of drug-likeness (QED) is 0.449. The van der Waals surface area contributed by atoms with E-state index in [0.717, 1.165) is 5.66 Å². The van der Waals surface area contributed by atoms with Crippen molar-refractivity contribution in [3.05, 3.63) is 0 Å². The average molecular weight is 137 g/mol. The maximum Gasteiger partial charge on any atom is -0.00684 e. The lowest BCUT2D eigenvalue weighted by molar-refractivity contribution is 0.836. The van der Waals surface area contributed by atoms with Gasteiger partial charge in [0.1, 0.15) is 0 Å². The minimum Gasteiger partial charge on any atom is -0.0961 e. The standard InChI is InChI=1S/C5H10ClP/c1-5-3-2-4-7(5)6/h5H,2-4H2,1H3. The van der Waals surface area contributed by atoms with Crippen LogP contribution in [0.2, 0.25) is 0 Å². The largest absolute Gasteiger partial charge is 0.0961 e. The first-order chi connectivity index (χ1) is 3.30.